The highest BCUT2D eigenvalue weighted by molar-refractivity contribution is 7.89. The molecular formula is C12H17N3O3S. The fourth-order valence-electron chi connectivity index (χ4n) is 2.13. The summed E-state index contributed by atoms with van der Waals surface area (Å²) in [4.78, 5) is 13.6. The van der Waals surface area contributed by atoms with Gasteiger partial charge in [-0.05, 0) is 37.7 Å². The third-order valence-corrected chi connectivity index (χ3v) is 4.66. The van der Waals surface area contributed by atoms with Crippen LogP contribution in [0.15, 0.2) is 29.2 Å². The van der Waals surface area contributed by atoms with E-state index in [9.17, 15) is 13.2 Å². The van der Waals surface area contributed by atoms with E-state index in [4.69, 9.17) is 5.73 Å². The SMILES string of the molecule is CNS(=O)(=O)c1cccc(N2CC(CN)CC2=O)c1. The van der Waals surface area contributed by atoms with Crippen molar-refractivity contribution in [1.29, 1.82) is 0 Å². The van der Waals surface area contributed by atoms with Crippen LogP contribution in [0.4, 0.5) is 5.69 Å². The van der Waals surface area contributed by atoms with E-state index in [2.05, 4.69) is 4.72 Å². The van der Waals surface area contributed by atoms with E-state index in [0.717, 1.165) is 0 Å². The molecular weight excluding hydrogens is 266 g/mol. The number of nitrogens with two attached hydrogens (primary N) is 1. The zero-order valence-electron chi connectivity index (χ0n) is 10.7. The second-order valence-corrected chi connectivity index (χ2v) is 6.40. The summed E-state index contributed by atoms with van der Waals surface area (Å²) in [5.74, 6) is 0.117. The van der Waals surface area contributed by atoms with Gasteiger partial charge in [0.05, 0.1) is 4.90 Å². The van der Waals surface area contributed by atoms with Gasteiger partial charge in [0, 0.05) is 18.7 Å². The second kappa shape index (κ2) is 5.28. The summed E-state index contributed by atoms with van der Waals surface area (Å²) in [6.45, 7) is 0.995. The lowest BCUT2D eigenvalue weighted by Crippen LogP contribution is -2.26. The number of carbonyl (C=O) groups is 1. The Morgan fingerprint density at radius 1 is 1.47 bits per heavy atom. The maximum atomic E-state index is 11.9. The quantitative estimate of drug-likeness (QED) is 0.807. The van der Waals surface area contributed by atoms with Gasteiger partial charge in [0.2, 0.25) is 15.9 Å². The first kappa shape index (κ1) is 14.0. The molecule has 2 rings (SSSR count). The van der Waals surface area contributed by atoms with Gasteiger partial charge in [-0.25, -0.2) is 13.1 Å². The molecule has 19 heavy (non-hydrogen) atoms. The molecule has 1 heterocycles. The van der Waals surface area contributed by atoms with E-state index in [1.54, 1.807) is 17.0 Å². The minimum absolute atomic E-state index is 0.0190. The van der Waals surface area contributed by atoms with Crippen molar-refractivity contribution in [2.75, 3.05) is 25.0 Å². The van der Waals surface area contributed by atoms with Crippen molar-refractivity contribution in [3.63, 3.8) is 0 Å². The molecule has 1 fully saturated rings. The molecule has 1 aliphatic heterocycles. The minimum Gasteiger partial charge on any atom is -0.330 e. The minimum atomic E-state index is -3.50. The number of anilines is 1. The van der Waals surface area contributed by atoms with Crippen molar-refractivity contribution >= 4 is 21.6 Å². The van der Waals surface area contributed by atoms with Crippen molar-refractivity contribution < 1.29 is 13.2 Å². The summed E-state index contributed by atoms with van der Waals surface area (Å²) < 4.78 is 25.7. The van der Waals surface area contributed by atoms with Crippen LogP contribution in [0, 0.1) is 5.92 Å². The molecule has 1 atom stereocenters. The third-order valence-electron chi connectivity index (χ3n) is 3.25. The monoisotopic (exact) mass is 283 g/mol. The third kappa shape index (κ3) is 2.78. The number of amides is 1. The highest BCUT2D eigenvalue weighted by Gasteiger charge is 2.30. The Hall–Kier alpha value is -1.44. The highest BCUT2D eigenvalue weighted by Crippen LogP contribution is 2.26. The van der Waals surface area contributed by atoms with Gasteiger partial charge in [-0.1, -0.05) is 6.07 Å². The van der Waals surface area contributed by atoms with Crippen molar-refractivity contribution in [3.8, 4) is 0 Å². The van der Waals surface area contributed by atoms with Crippen LogP contribution in [0.2, 0.25) is 0 Å². The zero-order chi connectivity index (χ0) is 14.0. The summed E-state index contributed by atoms with van der Waals surface area (Å²) in [6, 6.07) is 6.35. The number of hydrogen-bond donors (Lipinski definition) is 2. The molecule has 0 bridgehead atoms. The molecule has 1 saturated heterocycles. The maximum Gasteiger partial charge on any atom is 0.240 e. The summed E-state index contributed by atoms with van der Waals surface area (Å²) in [6.07, 6.45) is 0.416. The average Bonchev–Trinajstić information content (AvgIpc) is 2.80. The maximum absolute atomic E-state index is 11.9. The number of rotatable bonds is 4. The molecule has 3 N–H and O–H groups in total. The average molecular weight is 283 g/mol. The van der Waals surface area contributed by atoms with Gasteiger partial charge in [0.25, 0.3) is 0 Å². The molecule has 0 radical (unpaired) electrons. The predicted octanol–water partition coefficient (Wildman–Crippen LogP) is -0.0937. The molecule has 1 amide bonds. The fourth-order valence-corrected chi connectivity index (χ4v) is 2.89. The van der Waals surface area contributed by atoms with Crippen LogP contribution in [0.3, 0.4) is 0 Å². The van der Waals surface area contributed by atoms with Crippen LogP contribution in [-0.2, 0) is 14.8 Å². The van der Waals surface area contributed by atoms with Gasteiger partial charge in [0.1, 0.15) is 0 Å². The van der Waals surface area contributed by atoms with Gasteiger partial charge >= 0.3 is 0 Å². The molecule has 1 aromatic carbocycles. The number of benzene rings is 1. The first-order valence-electron chi connectivity index (χ1n) is 6.02. The standard InChI is InChI=1S/C12H17N3O3S/c1-14-19(17,18)11-4-2-3-10(6-11)15-8-9(7-13)5-12(15)16/h2-4,6,9,14H,5,7-8,13H2,1H3. The Bertz CT molecular complexity index is 586. The molecule has 0 aliphatic carbocycles. The van der Waals surface area contributed by atoms with Crippen molar-refractivity contribution in [3.05, 3.63) is 24.3 Å². The number of carbonyl (C=O) groups excluding carboxylic acids is 1. The van der Waals surface area contributed by atoms with Crippen molar-refractivity contribution in [1.82, 2.24) is 4.72 Å². The van der Waals surface area contributed by atoms with Crippen molar-refractivity contribution in [2.24, 2.45) is 11.7 Å². The lowest BCUT2D eigenvalue weighted by molar-refractivity contribution is -0.117. The Morgan fingerprint density at radius 2 is 2.21 bits per heavy atom. The van der Waals surface area contributed by atoms with E-state index >= 15 is 0 Å². The van der Waals surface area contributed by atoms with Crippen LogP contribution >= 0.6 is 0 Å². The summed E-state index contributed by atoms with van der Waals surface area (Å²) >= 11 is 0. The molecule has 104 valence electrons. The summed E-state index contributed by atoms with van der Waals surface area (Å²) in [5.41, 5.74) is 6.17. The number of nitrogens with zero attached hydrogens (tertiary/aromatic N) is 1. The fraction of sp³-hybridized carbons (Fsp3) is 0.417. The molecule has 1 aliphatic rings. The first-order valence-corrected chi connectivity index (χ1v) is 7.50. The van der Waals surface area contributed by atoms with Crippen LogP contribution in [0.1, 0.15) is 6.42 Å². The number of sulfonamides is 1. The van der Waals surface area contributed by atoms with Crippen LogP contribution in [-0.4, -0.2) is 34.5 Å². The Labute approximate surface area is 112 Å². The molecule has 0 saturated carbocycles. The van der Waals surface area contributed by atoms with Crippen LogP contribution in [0.25, 0.3) is 0 Å². The second-order valence-electron chi connectivity index (χ2n) is 4.52. The van der Waals surface area contributed by atoms with Gasteiger partial charge in [0.15, 0.2) is 0 Å². The van der Waals surface area contributed by atoms with E-state index < -0.39 is 10.0 Å². The molecule has 6 nitrogen and oxygen atoms in total. The predicted molar refractivity (Wildman–Crippen MR) is 72.2 cm³/mol. The zero-order valence-corrected chi connectivity index (χ0v) is 11.5. The van der Waals surface area contributed by atoms with Crippen LogP contribution in [0.5, 0.6) is 0 Å². The molecule has 0 aromatic heterocycles. The van der Waals surface area contributed by atoms with Gasteiger partial charge in [-0.3, -0.25) is 4.79 Å². The Balaban J connectivity index is 2.32. The lowest BCUT2D eigenvalue weighted by Gasteiger charge is -2.17. The molecule has 1 aromatic rings. The summed E-state index contributed by atoms with van der Waals surface area (Å²) in [5, 5.41) is 0. The molecule has 7 heteroatoms. The van der Waals surface area contributed by atoms with E-state index in [0.29, 0.717) is 25.2 Å². The summed E-state index contributed by atoms with van der Waals surface area (Å²) in [7, 11) is -2.14. The Kier molecular flexibility index (Phi) is 3.88. The number of nitrogens with one attached hydrogen (secondary N) is 1. The largest absolute Gasteiger partial charge is 0.330 e. The highest BCUT2D eigenvalue weighted by atomic mass is 32.2. The smallest absolute Gasteiger partial charge is 0.240 e. The first-order chi connectivity index (χ1) is 8.97. The number of hydrogen-bond acceptors (Lipinski definition) is 4. The normalized spacial score (nSPS) is 20.0. The lowest BCUT2D eigenvalue weighted by atomic mass is 10.1. The van der Waals surface area contributed by atoms with E-state index in [1.165, 1.54) is 19.2 Å². The van der Waals surface area contributed by atoms with E-state index in [1.807, 2.05) is 0 Å². The van der Waals surface area contributed by atoms with Gasteiger partial charge in [-0.2, -0.15) is 0 Å². The van der Waals surface area contributed by atoms with Gasteiger partial charge in [-0.15, -0.1) is 0 Å². The van der Waals surface area contributed by atoms with E-state index in [-0.39, 0.29) is 16.7 Å². The van der Waals surface area contributed by atoms with Gasteiger partial charge < -0.3 is 10.6 Å². The van der Waals surface area contributed by atoms with Crippen molar-refractivity contribution in [2.45, 2.75) is 11.3 Å². The van der Waals surface area contributed by atoms with Crippen LogP contribution < -0.4 is 15.4 Å². The molecule has 1 unspecified atom stereocenters. The molecule has 0 spiro atoms. The Morgan fingerprint density at radius 3 is 2.79 bits per heavy atom. The topological polar surface area (TPSA) is 92.5 Å².